The minimum atomic E-state index is -0.818. The Morgan fingerprint density at radius 3 is 2.37 bits per heavy atom. The van der Waals surface area contributed by atoms with Crippen molar-refractivity contribution in [2.24, 2.45) is 0 Å². The quantitative estimate of drug-likeness (QED) is 0.618. The Balaban J connectivity index is 2.80. The van der Waals surface area contributed by atoms with Gasteiger partial charge in [0.1, 0.15) is 0 Å². The predicted molar refractivity (Wildman–Crippen MR) is 71.8 cm³/mol. The van der Waals surface area contributed by atoms with Crippen LogP contribution in [0.1, 0.15) is 18.4 Å². The number of esters is 1. The van der Waals surface area contributed by atoms with Crippen LogP contribution in [0.3, 0.4) is 0 Å². The predicted octanol–water partition coefficient (Wildman–Crippen LogP) is 0.276. The molecular formula is C14H21NO4. The zero-order valence-electron chi connectivity index (χ0n) is 11.3. The van der Waals surface area contributed by atoms with Gasteiger partial charge in [-0.25, -0.2) is 0 Å². The summed E-state index contributed by atoms with van der Waals surface area (Å²) in [5.74, 6) is -0.819. The van der Waals surface area contributed by atoms with Gasteiger partial charge in [0.15, 0.2) is 0 Å². The molecule has 1 unspecified atom stereocenters. The smallest absolute Gasteiger partial charge is 0.314 e. The number of carbonyl (C=O) groups is 1. The van der Waals surface area contributed by atoms with E-state index in [1.807, 2.05) is 30.3 Å². The lowest BCUT2D eigenvalue weighted by Crippen LogP contribution is -2.51. The number of rotatable bonds is 7. The highest BCUT2D eigenvalue weighted by molar-refractivity contribution is 5.78. The Morgan fingerprint density at radius 2 is 1.89 bits per heavy atom. The Hall–Kier alpha value is -1.43. The molecule has 0 amide bonds. The first-order valence-corrected chi connectivity index (χ1v) is 6.16. The van der Waals surface area contributed by atoms with Crippen LogP contribution in [-0.2, 0) is 9.53 Å². The second-order valence-electron chi connectivity index (χ2n) is 4.74. The normalized spacial score (nSPS) is 13.1. The highest BCUT2D eigenvalue weighted by Gasteiger charge is 2.27. The molecular weight excluding hydrogens is 246 g/mol. The molecule has 0 radical (unpaired) electrons. The average Bonchev–Trinajstić information content (AvgIpc) is 2.48. The van der Waals surface area contributed by atoms with Crippen LogP contribution in [0, 0.1) is 0 Å². The summed E-state index contributed by atoms with van der Waals surface area (Å²) in [5.41, 5.74) is 0.0150. The third kappa shape index (κ3) is 4.31. The van der Waals surface area contributed by atoms with Gasteiger partial charge >= 0.3 is 5.97 Å². The number of aliphatic hydroxyl groups excluding tert-OH is 2. The summed E-state index contributed by atoms with van der Waals surface area (Å²) >= 11 is 0. The first kappa shape index (κ1) is 15.6. The molecule has 0 spiro atoms. The largest absolute Gasteiger partial charge is 0.469 e. The SMILES string of the molecule is COC(=O)C(CNC(C)(CO)CO)c1ccccc1. The molecule has 1 atom stereocenters. The van der Waals surface area contributed by atoms with Crippen molar-refractivity contribution < 1.29 is 19.7 Å². The van der Waals surface area contributed by atoms with Crippen molar-refractivity contribution in [3.8, 4) is 0 Å². The van der Waals surface area contributed by atoms with Crippen LogP contribution in [0.5, 0.6) is 0 Å². The summed E-state index contributed by atoms with van der Waals surface area (Å²) < 4.78 is 4.80. The number of benzene rings is 1. The Morgan fingerprint density at radius 1 is 1.32 bits per heavy atom. The van der Waals surface area contributed by atoms with E-state index >= 15 is 0 Å². The number of nitrogens with one attached hydrogen (secondary N) is 1. The monoisotopic (exact) mass is 267 g/mol. The van der Waals surface area contributed by atoms with E-state index < -0.39 is 11.5 Å². The van der Waals surface area contributed by atoms with Gasteiger partial charge in [0, 0.05) is 6.54 Å². The Kier molecular flexibility index (Phi) is 5.95. The lowest BCUT2D eigenvalue weighted by Gasteiger charge is -2.28. The van der Waals surface area contributed by atoms with Gasteiger partial charge in [-0.3, -0.25) is 4.79 Å². The van der Waals surface area contributed by atoms with Crippen molar-refractivity contribution in [2.45, 2.75) is 18.4 Å². The molecule has 5 nitrogen and oxygen atoms in total. The van der Waals surface area contributed by atoms with Gasteiger partial charge in [-0.15, -0.1) is 0 Å². The molecule has 0 fully saturated rings. The second kappa shape index (κ2) is 7.23. The number of carbonyl (C=O) groups excluding carboxylic acids is 1. The lowest BCUT2D eigenvalue weighted by atomic mass is 9.97. The number of aliphatic hydroxyl groups is 2. The van der Waals surface area contributed by atoms with Crippen LogP contribution < -0.4 is 5.32 Å². The zero-order valence-corrected chi connectivity index (χ0v) is 11.3. The molecule has 106 valence electrons. The Labute approximate surface area is 113 Å². The molecule has 5 heteroatoms. The van der Waals surface area contributed by atoms with E-state index in [9.17, 15) is 15.0 Å². The van der Waals surface area contributed by atoms with Gasteiger partial charge in [-0.05, 0) is 12.5 Å². The average molecular weight is 267 g/mol. The van der Waals surface area contributed by atoms with Crippen molar-refractivity contribution in [2.75, 3.05) is 26.9 Å². The Bertz CT molecular complexity index is 390. The molecule has 0 aliphatic rings. The summed E-state index contributed by atoms with van der Waals surface area (Å²) in [6, 6.07) is 9.26. The third-order valence-electron chi connectivity index (χ3n) is 3.12. The maximum Gasteiger partial charge on any atom is 0.314 e. The fraction of sp³-hybridized carbons (Fsp3) is 0.500. The maximum atomic E-state index is 11.8. The van der Waals surface area contributed by atoms with Crippen LogP contribution in [-0.4, -0.2) is 48.6 Å². The highest BCUT2D eigenvalue weighted by Crippen LogP contribution is 2.17. The van der Waals surface area contributed by atoms with Crippen LogP contribution in [0.4, 0.5) is 0 Å². The highest BCUT2D eigenvalue weighted by atomic mass is 16.5. The van der Waals surface area contributed by atoms with E-state index in [1.54, 1.807) is 6.92 Å². The topological polar surface area (TPSA) is 78.8 Å². The summed E-state index contributed by atoms with van der Waals surface area (Å²) in [4.78, 5) is 11.8. The molecule has 19 heavy (non-hydrogen) atoms. The van der Waals surface area contributed by atoms with Crippen LogP contribution in [0.25, 0.3) is 0 Å². The fourth-order valence-electron chi connectivity index (χ4n) is 1.68. The van der Waals surface area contributed by atoms with Gasteiger partial charge in [-0.2, -0.15) is 0 Å². The number of hydrogen-bond donors (Lipinski definition) is 3. The van der Waals surface area contributed by atoms with Gasteiger partial charge in [0.05, 0.1) is 31.8 Å². The molecule has 3 N–H and O–H groups in total. The van der Waals surface area contributed by atoms with Crippen LogP contribution in [0.2, 0.25) is 0 Å². The number of methoxy groups -OCH3 is 1. The van der Waals surface area contributed by atoms with Crippen molar-refractivity contribution in [1.29, 1.82) is 0 Å². The van der Waals surface area contributed by atoms with Crippen molar-refractivity contribution >= 4 is 5.97 Å². The summed E-state index contributed by atoms with van der Waals surface area (Å²) in [6.45, 7) is 1.54. The number of ether oxygens (including phenoxy) is 1. The van der Waals surface area contributed by atoms with E-state index in [0.29, 0.717) is 0 Å². The molecule has 0 aliphatic carbocycles. The van der Waals surface area contributed by atoms with Crippen molar-refractivity contribution in [3.05, 3.63) is 35.9 Å². The second-order valence-corrected chi connectivity index (χ2v) is 4.74. The first-order chi connectivity index (χ1) is 9.06. The van der Waals surface area contributed by atoms with Crippen LogP contribution >= 0.6 is 0 Å². The molecule has 1 aromatic carbocycles. The van der Waals surface area contributed by atoms with Gasteiger partial charge in [0.2, 0.25) is 0 Å². The fourth-order valence-corrected chi connectivity index (χ4v) is 1.68. The summed E-state index contributed by atoms with van der Waals surface area (Å²) in [5, 5.41) is 21.5. The van der Waals surface area contributed by atoms with E-state index in [1.165, 1.54) is 7.11 Å². The van der Waals surface area contributed by atoms with Crippen molar-refractivity contribution in [1.82, 2.24) is 5.32 Å². The summed E-state index contributed by atoms with van der Waals surface area (Å²) in [7, 11) is 1.34. The van der Waals surface area contributed by atoms with Gasteiger partial charge < -0.3 is 20.3 Å². The van der Waals surface area contributed by atoms with E-state index in [-0.39, 0.29) is 25.7 Å². The molecule has 0 saturated carbocycles. The lowest BCUT2D eigenvalue weighted by molar-refractivity contribution is -0.142. The molecule has 0 aliphatic heterocycles. The van der Waals surface area contributed by atoms with E-state index in [2.05, 4.69) is 5.32 Å². The zero-order chi connectivity index (χ0) is 14.3. The minimum Gasteiger partial charge on any atom is -0.469 e. The number of hydrogen-bond acceptors (Lipinski definition) is 5. The van der Waals surface area contributed by atoms with E-state index in [4.69, 9.17) is 4.74 Å². The molecule has 1 rings (SSSR count). The maximum absolute atomic E-state index is 11.8. The molecule has 0 bridgehead atoms. The summed E-state index contributed by atoms with van der Waals surface area (Å²) in [6.07, 6.45) is 0. The molecule has 0 aromatic heterocycles. The van der Waals surface area contributed by atoms with Gasteiger partial charge in [-0.1, -0.05) is 30.3 Å². The standard InChI is InChI=1S/C14H21NO4/c1-14(9-16,10-17)15-8-12(13(18)19-2)11-6-4-3-5-7-11/h3-7,12,15-17H,8-10H2,1-2H3. The van der Waals surface area contributed by atoms with E-state index in [0.717, 1.165) is 5.56 Å². The third-order valence-corrected chi connectivity index (χ3v) is 3.12. The van der Waals surface area contributed by atoms with Gasteiger partial charge in [0.25, 0.3) is 0 Å². The molecule has 0 heterocycles. The molecule has 0 saturated heterocycles. The first-order valence-electron chi connectivity index (χ1n) is 6.16. The van der Waals surface area contributed by atoms with Crippen molar-refractivity contribution in [3.63, 3.8) is 0 Å². The minimum absolute atomic E-state index is 0.216. The molecule has 1 aromatic rings. The van der Waals surface area contributed by atoms with Crippen LogP contribution in [0.15, 0.2) is 30.3 Å².